The second-order valence-corrected chi connectivity index (χ2v) is 6.54. The van der Waals surface area contributed by atoms with Crippen LogP contribution in [-0.4, -0.2) is 10.9 Å². The number of benzene rings is 2. The monoisotopic (exact) mass is 394 g/mol. The maximum absolute atomic E-state index is 13.6. The molecule has 1 N–H and O–H groups in total. The first-order chi connectivity index (χ1) is 13.9. The number of hydrogen-bond acceptors (Lipinski definition) is 3. The number of aromatic nitrogens is 1. The number of carbonyl (C=O) groups excluding carboxylic acids is 1. The van der Waals surface area contributed by atoms with E-state index in [4.69, 9.17) is 4.74 Å². The lowest BCUT2D eigenvalue weighted by Gasteiger charge is -2.14. The van der Waals surface area contributed by atoms with E-state index in [-0.39, 0.29) is 11.6 Å². The van der Waals surface area contributed by atoms with Gasteiger partial charge in [-0.15, -0.1) is 0 Å². The maximum Gasteiger partial charge on any atom is 0.244 e. The van der Waals surface area contributed by atoms with Crippen molar-refractivity contribution in [3.63, 3.8) is 0 Å². The van der Waals surface area contributed by atoms with Gasteiger partial charge in [-0.05, 0) is 61.9 Å². The van der Waals surface area contributed by atoms with E-state index in [0.717, 1.165) is 23.4 Å². The minimum absolute atomic E-state index is 0.135. The summed E-state index contributed by atoms with van der Waals surface area (Å²) in [5.74, 6) is -0.541. The van der Waals surface area contributed by atoms with Crippen molar-refractivity contribution in [3.8, 4) is 11.5 Å². The van der Waals surface area contributed by atoms with Gasteiger partial charge in [-0.25, -0.2) is 8.78 Å². The minimum Gasteiger partial charge on any atom is -0.456 e. The molecule has 1 heterocycles. The Hall–Kier alpha value is -3.54. The van der Waals surface area contributed by atoms with Crippen molar-refractivity contribution >= 4 is 12.0 Å². The van der Waals surface area contributed by atoms with Crippen LogP contribution >= 0.6 is 0 Å². The molecule has 0 radical (unpaired) electrons. The molecule has 0 saturated carbocycles. The molecule has 3 aromatic rings. The van der Waals surface area contributed by atoms with Crippen LogP contribution in [0.4, 0.5) is 8.78 Å². The molecule has 2 aromatic carbocycles. The number of hydrogen-bond donors (Lipinski definition) is 1. The Morgan fingerprint density at radius 3 is 2.66 bits per heavy atom. The number of amides is 1. The average molecular weight is 394 g/mol. The highest BCUT2D eigenvalue weighted by Crippen LogP contribution is 2.24. The molecule has 0 aliphatic rings. The Morgan fingerprint density at radius 1 is 1.10 bits per heavy atom. The summed E-state index contributed by atoms with van der Waals surface area (Å²) in [6, 6.07) is 13.9. The summed E-state index contributed by atoms with van der Waals surface area (Å²) in [5, 5.41) is 2.81. The molecule has 1 amide bonds. The standard InChI is InChI=1S/C23H20F2N2O2/c1-15-6-10-21(14-26-15)29-20-5-3-4-18(12-20)16(2)27-23(28)11-8-17-7-9-19(24)13-22(17)25/h3-14,16H,1-2H3,(H,27,28)/b11-8+/t16-/m0/s1. The van der Waals surface area contributed by atoms with Crippen molar-refractivity contribution in [2.24, 2.45) is 0 Å². The summed E-state index contributed by atoms with van der Waals surface area (Å²) in [7, 11) is 0. The predicted octanol–water partition coefficient (Wildman–Crippen LogP) is 5.35. The van der Waals surface area contributed by atoms with Gasteiger partial charge in [0.15, 0.2) is 0 Å². The Kier molecular flexibility index (Phi) is 6.34. The molecule has 4 nitrogen and oxygen atoms in total. The van der Waals surface area contributed by atoms with Crippen molar-refractivity contribution < 1.29 is 18.3 Å². The minimum atomic E-state index is -0.724. The third-order valence-corrected chi connectivity index (χ3v) is 4.21. The maximum atomic E-state index is 13.6. The van der Waals surface area contributed by atoms with Gasteiger partial charge >= 0.3 is 0 Å². The first-order valence-corrected chi connectivity index (χ1v) is 9.05. The lowest BCUT2D eigenvalue weighted by Crippen LogP contribution is -2.24. The van der Waals surface area contributed by atoms with Gasteiger partial charge in [0.2, 0.25) is 5.91 Å². The molecular formula is C23H20F2N2O2. The number of halogens is 2. The summed E-state index contributed by atoms with van der Waals surface area (Å²) < 4.78 is 32.4. The van der Waals surface area contributed by atoms with Crippen molar-refractivity contribution in [2.45, 2.75) is 19.9 Å². The van der Waals surface area contributed by atoms with E-state index < -0.39 is 17.5 Å². The summed E-state index contributed by atoms with van der Waals surface area (Å²) in [6.07, 6.45) is 4.17. The fraction of sp³-hybridized carbons (Fsp3) is 0.130. The highest BCUT2D eigenvalue weighted by atomic mass is 19.1. The van der Waals surface area contributed by atoms with Crippen LogP contribution in [0.25, 0.3) is 6.08 Å². The van der Waals surface area contributed by atoms with E-state index in [1.54, 1.807) is 6.20 Å². The predicted molar refractivity (Wildman–Crippen MR) is 107 cm³/mol. The van der Waals surface area contributed by atoms with Crippen LogP contribution in [-0.2, 0) is 4.79 Å². The molecule has 0 fully saturated rings. The zero-order chi connectivity index (χ0) is 20.8. The zero-order valence-corrected chi connectivity index (χ0v) is 16.0. The molecule has 0 bridgehead atoms. The third kappa shape index (κ3) is 5.72. The van der Waals surface area contributed by atoms with Gasteiger partial charge in [0.1, 0.15) is 23.1 Å². The normalized spacial score (nSPS) is 12.0. The van der Waals surface area contributed by atoms with Gasteiger partial charge in [0.25, 0.3) is 0 Å². The molecule has 0 unspecified atom stereocenters. The molecule has 0 aliphatic carbocycles. The number of nitrogens with one attached hydrogen (secondary N) is 1. The highest BCUT2D eigenvalue weighted by Gasteiger charge is 2.09. The average Bonchev–Trinajstić information content (AvgIpc) is 2.69. The number of ether oxygens (including phenoxy) is 1. The Morgan fingerprint density at radius 2 is 1.93 bits per heavy atom. The number of aryl methyl sites for hydroxylation is 1. The molecule has 6 heteroatoms. The zero-order valence-electron chi connectivity index (χ0n) is 16.0. The molecule has 3 rings (SSSR count). The van der Waals surface area contributed by atoms with E-state index in [1.807, 2.05) is 50.2 Å². The van der Waals surface area contributed by atoms with Crippen molar-refractivity contribution in [2.75, 3.05) is 0 Å². The second-order valence-electron chi connectivity index (χ2n) is 6.54. The SMILES string of the molecule is Cc1ccc(Oc2cccc([C@H](C)NC(=O)/C=C/c3ccc(F)cc3F)c2)cn1. The van der Waals surface area contributed by atoms with Crippen LogP contribution in [0.15, 0.2) is 66.9 Å². The number of rotatable bonds is 6. The van der Waals surface area contributed by atoms with Crippen LogP contribution in [0.1, 0.15) is 29.8 Å². The Balaban J connectivity index is 1.63. The fourth-order valence-electron chi connectivity index (χ4n) is 2.65. The molecular weight excluding hydrogens is 374 g/mol. The van der Waals surface area contributed by atoms with E-state index in [2.05, 4.69) is 10.3 Å². The van der Waals surface area contributed by atoms with E-state index in [0.29, 0.717) is 11.5 Å². The number of nitrogens with zero attached hydrogens (tertiary/aromatic N) is 1. The van der Waals surface area contributed by atoms with Crippen molar-refractivity contribution in [3.05, 3.63) is 95.3 Å². The first-order valence-electron chi connectivity index (χ1n) is 9.05. The van der Waals surface area contributed by atoms with Crippen LogP contribution in [0.5, 0.6) is 11.5 Å². The number of pyridine rings is 1. The molecule has 0 saturated heterocycles. The highest BCUT2D eigenvalue weighted by molar-refractivity contribution is 5.92. The van der Waals surface area contributed by atoms with Crippen LogP contribution in [0, 0.1) is 18.6 Å². The second kappa shape index (κ2) is 9.10. The van der Waals surface area contributed by atoms with Gasteiger partial charge < -0.3 is 10.1 Å². The fourth-order valence-corrected chi connectivity index (χ4v) is 2.65. The summed E-state index contributed by atoms with van der Waals surface area (Å²) >= 11 is 0. The van der Waals surface area contributed by atoms with Crippen LogP contribution in [0.2, 0.25) is 0 Å². The van der Waals surface area contributed by atoms with Gasteiger partial charge in [0.05, 0.1) is 12.2 Å². The quantitative estimate of drug-likeness (QED) is 0.573. The first kappa shape index (κ1) is 20.2. The lowest BCUT2D eigenvalue weighted by atomic mass is 10.1. The molecule has 1 aromatic heterocycles. The van der Waals surface area contributed by atoms with Crippen molar-refractivity contribution in [1.29, 1.82) is 0 Å². The van der Waals surface area contributed by atoms with E-state index in [1.165, 1.54) is 18.2 Å². The Labute approximate surface area is 167 Å². The molecule has 0 spiro atoms. The lowest BCUT2D eigenvalue weighted by molar-refractivity contribution is -0.117. The van der Waals surface area contributed by atoms with E-state index >= 15 is 0 Å². The van der Waals surface area contributed by atoms with Gasteiger partial charge in [-0.1, -0.05) is 12.1 Å². The van der Waals surface area contributed by atoms with Crippen molar-refractivity contribution in [1.82, 2.24) is 10.3 Å². The smallest absolute Gasteiger partial charge is 0.244 e. The topological polar surface area (TPSA) is 51.2 Å². The van der Waals surface area contributed by atoms with Gasteiger partial charge in [-0.3, -0.25) is 9.78 Å². The van der Waals surface area contributed by atoms with Gasteiger partial charge in [-0.2, -0.15) is 0 Å². The Bertz CT molecular complexity index is 1030. The molecule has 1 atom stereocenters. The summed E-state index contributed by atoms with van der Waals surface area (Å²) in [4.78, 5) is 16.3. The molecule has 29 heavy (non-hydrogen) atoms. The molecule has 0 aliphatic heterocycles. The van der Waals surface area contributed by atoms with Crippen LogP contribution in [0.3, 0.4) is 0 Å². The largest absolute Gasteiger partial charge is 0.456 e. The van der Waals surface area contributed by atoms with Crippen LogP contribution < -0.4 is 10.1 Å². The molecule has 148 valence electrons. The summed E-state index contributed by atoms with van der Waals surface area (Å²) in [6.45, 7) is 3.73. The third-order valence-electron chi connectivity index (χ3n) is 4.21. The number of carbonyl (C=O) groups is 1. The summed E-state index contributed by atoms with van der Waals surface area (Å²) in [5.41, 5.74) is 1.88. The van der Waals surface area contributed by atoms with E-state index in [9.17, 15) is 13.6 Å². The van der Waals surface area contributed by atoms with Gasteiger partial charge in [0, 0.05) is 23.4 Å².